The fourth-order valence-corrected chi connectivity index (χ4v) is 1.32. The highest BCUT2D eigenvalue weighted by Crippen LogP contribution is 2.10. The summed E-state index contributed by atoms with van der Waals surface area (Å²) in [5, 5.41) is 13.3. The Morgan fingerprint density at radius 2 is 2.31 bits per heavy atom. The van der Waals surface area contributed by atoms with Gasteiger partial charge in [-0.2, -0.15) is 0 Å². The van der Waals surface area contributed by atoms with Crippen LogP contribution in [-0.4, -0.2) is 26.3 Å². The quantitative estimate of drug-likeness (QED) is 0.729. The molecule has 0 aliphatic heterocycles. The van der Waals surface area contributed by atoms with Crippen molar-refractivity contribution in [3.05, 3.63) is 29.2 Å². The van der Waals surface area contributed by atoms with Crippen LogP contribution in [0.4, 0.5) is 0 Å². The largest absolute Gasteiger partial charge is 0.396 e. The summed E-state index contributed by atoms with van der Waals surface area (Å²) in [7, 11) is 0. The number of hydrogen-bond acceptors (Lipinski definition) is 3. The molecular weight excluding hydrogens is 190 g/mol. The predicted molar refractivity (Wildman–Crippen MR) is 48.8 cm³/mol. The van der Waals surface area contributed by atoms with Gasteiger partial charge < -0.3 is 5.11 Å². The maximum absolute atomic E-state index is 8.69. The highest BCUT2D eigenvalue weighted by atomic mass is 35.5. The van der Waals surface area contributed by atoms with Crippen molar-refractivity contribution in [3.8, 4) is 0 Å². The standard InChI is InChI=1S/C8H8ClN3O/c9-6-2-1-3-8-10-7(4-5-13)11-12(6)8/h1-3,13H,4-5H2. The number of aliphatic hydroxyl groups excluding tert-OH is 1. The molecule has 0 spiro atoms. The van der Waals surface area contributed by atoms with Gasteiger partial charge in [0.05, 0.1) is 6.61 Å². The van der Waals surface area contributed by atoms with Crippen LogP contribution in [0.25, 0.3) is 5.65 Å². The number of pyridine rings is 1. The first kappa shape index (κ1) is 8.47. The Labute approximate surface area is 79.8 Å². The third kappa shape index (κ3) is 1.50. The van der Waals surface area contributed by atoms with Crippen LogP contribution < -0.4 is 0 Å². The topological polar surface area (TPSA) is 50.4 Å². The lowest BCUT2D eigenvalue weighted by Crippen LogP contribution is -1.94. The summed E-state index contributed by atoms with van der Waals surface area (Å²) in [6.07, 6.45) is 0.456. The van der Waals surface area contributed by atoms with Crippen LogP contribution in [-0.2, 0) is 6.42 Å². The Hall–Kier alpha value is -1.13. The lowest BCUT2D eigenvalue weighted by Gasteiger charge is -1.91. The van der Waals surface area contributed by atoms with Gasteiger partial charge in [-0.1, -0.05) is 17.7 Å². The van der Waals surface area contributed by atoms with E-state index in [2.05, 4.69) is 10.1 Å². The zero-order valence-corrected chi connectivity index (χ0v) is 7.57. The first-order valence-electron chi connectivity index (χ1n) is 3.92. The third-order valence-corrected chi connectivity index (χ3v) is 1.98. The van der Waals surface area contributed by atoms with Crippen LogP contribution in [0.15, 0.2) is 18.2 Å². The molecule has 0 bridgehead atoms. The van der Waals surface area contributed by atoms with Gasteiger partial charge in [0.1, 0.15) is 5.15 Å². The van der Waals surface area contributed by atoms with Gasteiger partial charge in [-0.25, -0.2) is 9.50 Å². The zero-order chi connectivity index (χ0) is 9.26. The molecule has 2 rings (SSSR count). The summed E-state index contributed by atoms with van der Waals surface area (Å²) >= 11 is 5.87. The first-order valence-corrected chi connectivity index (χ1v) is 4.30. The third-order valence-electron chi connectivity index (χ3n) is 1.69. The van der Waals surface area contributed by atoms with Crippen LogP contribution >= 0.6 is 11.6 Å². The lowest BCUT2D eigenvalue weighted by atomic mass is 10.4. The maximum atomic E-state index is 8.69. The maximum Gasteiger partial charge on any atom is 0.157 e. The number of halogens is 1. The molecule has 0 saturated heterocycles. The van der Waals surface area contributed by atoms with Gasteiger partial charge in [-0.15, -0.1) is 5.10 Å². The smallest absolute Gasteiger partial charge is 0.157 e. The van der Waals surface area contributed by atoms with E-state index >= 15 is 0 Å². The number of fused-ring (bicyclic) bond motifs is 1. The summed E-state index contributed by atoms with van der Waals surface area (Å²) in [5.74, 6) is 0.607. The van der Waals surface area contributed by atoms with Crippen molar-refractivity contribution >= 4 is 17.2 Å². The molecule has 0 fully saturated rings. The molecule has 2 heterocycles. The Kier molecular flexibility index (Phi) is 2.16. The van der Waals surface area contributed by atoms with E-state index < -0.39 is 0 Å². The van der Waals surface area contributed by atoms with Crippen LogP contribution in [0.3, 0.4) is 0 Å². The number of rotatable bonds is 2. The summed E-state index contributed by atoms with van der Waals surface area (Å²) in [5.41, 5.74) is 0.705. The summed E-state index contributed by atoms with van der Waals surface area (Å²) < 4.78 is 1.55. The molecule has 0 unspecified atom stereocenters. The SMILES string of the molecule is OCCc1nc2cccc(Cl)n2n1. The van der Waals surface area contributed by atoms with Crippen LogP contribution in [0, 0.1) is 0 Å². The van der Waals surface area contributed by atoms with Crippen LogP contribution in [0.2, 0.25) is 5.15 Å². The molecule has 68 valence electrons. The molecule has 1 N–H and O–H groups in total. The van der Waals surface area contributed by atoms with E-state index in [0.29, 0.717) is 23.0 Å². The molecule has 0 atom stereocenters. The summed E-state index contributed by atoms with van der Waals surface area (Å²) in [6.45, 7) is 0.0501. The molecule has 0 aliphatic rings. The molecule has 13 heavy (non-hydrogen) atoms. The number of aromatic nitrogens is 3. The van der Waals surface area contributed by atoms with Gasteiger partial charge in [0.25, 0.3) is 0 Å². The van der Waals surface area contributed by atoms with Crippen molar-refractivity contribution in [2.45, 2.75) is 6.42 Å². The van der Waals surface area contributed by atoms with Gasteiger partial charge in [-0.3, -0.25) is 0 Å². The molecule has 0 amide bonds. The fourth-order valence-electron chi connectivity index (χ4n) is 1.12. The van der Waals surface area contributed by atoms with Gasteiger partial charge in [-0.05, 0) is 12.1 Å². The normalized spacial score (nSPS) is 10.9. The number of aliphatic hydroxyl groups is 1. The predicted octanol–water partition coefficient (Wildman–Crippen LogP) is 0.917. The van der Waals surface area contributed by atoms with Crippen LogP contribution in [0.1, 0.15) is 5.82 Å². The van der Waals surface area contributed by atoms with Crippen molar-refractivity contribution < 1.29 is 5.11 Å². The average Bonchev–Trinajstić information content (AvgIpc) is 2.49. The lowest BCUT2D eigenvalue weighted by molar-refractivity contribution is 0.296. The minimum atomic E-state index is 0.0501. The minimum absolute atomic E-state index is 0.0501. The molecule has 0 aliphatic carbocycles. The molecule has 0 saturated carbocycles. The van der Waals surface area contributed by atoms with Gasteiger partial charge in [0, 0.05) is 6.42 Å². The van der Waals surface area contributed by atoms with Crippen molar-refractivity contribution in [2.75, 3.05) is 6.61 Å². The average molecular weight is 198 g/mol. The molecule has 0 radical (unpaired) electrons. The van der Waals surface area contributed by atoms with E-state index in [-0.39, 0.29) is 6.61 Å². The van der Waals surface area contributed by atoms with Crippen molar-refractivity contribution in [1.82, 2.24) is 14.6 Å². The molecule has 5 heteroatoms. The summed E-state index contributed by atoms with van der Waals surface area (Å²) in [6, 6.07) is 5.38. The van der Waals surface area contributed by atoms with Gasteiger partial charge >= 0.3 is 0 Å². The fraction of sp³-hybridized carbons (Fsp3) is 0.250. The Bertz CT molecular complexity index is 426. The second-order valence-electron chi connectivity index (χ2n) is 2.62. The highest BCUT2D eigenvalue weighted by Gasteiger charge is 2.04. The Balaban J connectivity index is 2.55. The van der Waals surface area contributed by atoms with E-state index in [9.17, 15) is 0 Å². The molecule has 2 aromatic heterocycles. The Morgan fingerprint density at radius 1 is 1.46 bits per heavy atom. The molecule has 0 aromatic carbocycles. The minimum Gasteiger partial charge on any atom is -0.396 e. The van der Waals surface area contributed by atoms with E-state index in [0.717, 1.165) is 0 Å². The number of nitrogens with zero attached hydrogens (tertiary/aromatic N) is 3. The van der Waals surface area contributed by atoms with Crippen LogP contribution in [0.5, 0.6) is 0 Å². The Morgan fingerprint density at radius 3 is 3.00 bits per heavy atom. The monoisotopic (exact) mass is 197 g/mol. The van der Waals surface area contributed by atoms with Gasteiger partial charge in [0.2, 0.25) is 0 Å². The highest BCUT2D eigenvalue weighted by molar-refractivity contribution is 6.29. The molecule has 2 aromatic rings. The van der Waals surface area contributed by atoms with E-state index in [1.807, 2.05) is 12.1 Å². The second-order valence-corrected chi connectivity index (χ2v) is 3.01. The first-order chi connectivity index (χ1) is 6.31. The van der Waals surface area contributed by atoms with Crippen molar-refractivity contribution in [3.63, 3.8) is 0 Å². The van der Waals surface area contributed by atoms with Crippen molar-refractivity contribution in [1.29, 1.82) is 0 Å². The molecular formula is C8H8ClN3O. The van der Waals surface area contributed by atoms with E-state index in [1.54, 1.807) is 10.6 Å². The zero-order valence-electron chi connectivity index (χ0n) is 6.81. The van der Waals surface area contributed by atoms with E-state index in [4.69, 9.17) is 16.7 Å². The molecule has 4 nitrogen and oxygen atoms in total. The van der Waals surface area contributed by atoms with Crippen molar-refractivity contribution in [2.24, 2.45) is 0 Å². The second kappa shape index (κ2) is 3.32. The number of hydrogen-bond donors (Lipinski definition) is 1. The van der Waals surface area contributed by atoms with E-state index in [1.165, 1.54) is 0 Å². The van der Waals surface area contributed by atoms with Gasteiger partial charge in [0.15, 0.2) is 11.5 Å². The summed E-state index contributed by atoms with van der Waals surface area (Å²) in [4.78, 5) is 4.17.